The molecule has 0 aromatic heterocycles. The van der Waals surface area contributed by atoms with Gasteiger partial charge in [-0.25, -0.2) is 4.99 Å². The average Bonchev–Trinajstić information content (AvgIpc) is 2.45. The van der Waals surface area contributed by atoms with Crippen LogP contribution in [0.25, 0.3) is 0 Å². The Morgan fingerprint density at radius 3 is 2.32 bits per heavy atom. The molecule has 6 heteroatoms. The molecule has 1 unspecified atom stereocenters. The van der Waals surface area contributed by atoms with E-state index in [-0.39, 0.29) is 17.0 Å². The number of rotatable bonds is 9. The van der Waals surface area contributed by atoms with Gasteiger partial charge in [0, 0.05) is 0 Å². The predicted molar refractivity (Wildman–Crippen MR) is 100 cm³/mol. The molecular formula is C16H25ClINO3. The third-order valence-corrected chi connectivity index (χ3v) is 4.48. The van der Waals surface area contributed by atoms with E-state index in [9.17, 15) is 4.79 Å². The van der Waals surface area contributed by atoms with Crippen molar-refractivity contribution in [2.45, 2.75) is 41.0 Å². The lowest BCUT2D eigenvalue weighted by Crippen LogP contribution is -2.35. The van der Waals surface area contributed by atoms with Gasteiger partial charge in [-0.2, -0.15) is 0 Å². The van der Waals surface area contributed by atoms with Crippen LogP contribution in [0.15, 0.2) is 25.6 Å². The molecule has 0 aromatic rings. The molecule has 0 aromatic carbocycles. The highest BCUT2D eigenvalue weighted by atomic mass is 127. The van der Waals surface area contributed by atoms with Crippen LogP contribution in [0.5, 0.6) is 0 Å². The highest BCUT2D eigenvalue weighted by molar-refractivity contribution is 14.1. The lowest BCUT2D eigenvalue weighted by Gasteiger charge is -2.31. The number of halogens is 2. The van der Waals surface area contributed by atoms with E-state index in [0.29, 0.717) is 25.4 Å². The summed E-state index contributed by atoms with van der Waals surface area (Å²) >= 11 is 8.17. The Balaban J connectivity index is 5.42. The van der Waals surface area contributed by atoms with Gasteiger partial charge in [0.15, 0.2) is 10.9 Å². The number of allylic oxidation sites excluding steroid dienone is 2. The van der Waals surface area contributed by atoms with Gasteiger partial charge < -0.3 is 9.47 Å². The zero-order valence-electron chi connectivity index (χ0n) is 13.9. The molecular weight excluding hydrogens is 417 g/mol. The van der Waals surface area contributed by atoms with E-state index in [1.54, 1.807) is 6.08 Å². The first-order valence-corrected chi connectivity index (χ1v) is 8.71. The van der Waals surface area contributed by atoms with Crippen molar-refractivity contribution in [1.29, 1.82) is 0 Å². The van der Waals surface area contributed by atoms with Crippen molar-refractivity contribution < 1.29 is 14.3 Å². The summed E-state index contributed by atoms with van der Waals surface area (Å²) in [6.45, 7) is 13.9. The third kappa shape index (κ3) is 6.28. The molecule has 0 aliphatic heterocycles. The van der Waals surface area contributed by atoms with Crippen molar-refractivity contribution in [3.8, 4) is 0 Å². The van der Waals surface area contributed by atoms with E-state index < -0.39 is 5.41 Å². The first-order chi connectivity index (χ1) is 10.2. The highest BCUT2D eigenvalue weighted by Gasteiger charge is 2.38. The molecule has 0 amide bonds. The SMILES string of the molecule is C=N/C(Cl)=C(\C=C(/I)CC(C)(C(=O)OCC)C(C)C)OCC. The monoisotopic (exact) mass is 441 g/mol. The fourth-order valence-corrected chi connectivity index (χ4v) is 2.93. The zero-order chi connectivity index (χ0) is 17.3. The van der Waals surface area contributed by atoms with Crippen LogP contribution in [0.3, 0.4) is 0 Å². The van der Waals surface area contributed by atoms with Gasteiger partial charge in [0.25, 0.3) is 0 Å². The first-order valence-electron chi connectivity index (χ1n) is 7.25. The van der Waals surface area contributed by atoms with Crippen LogP contribution in [0.1, 0.15) is 41.0 Å². The van der Waals surface area contributed by atoms with Gasteiger partial charge in [0.05, 0.1) is 18.6 Å². The van der Waals surface area contributed by atoms with E-state index in [4.69, 9.17) is 21.1 Å². The Morgan fingerprint density at radius 2 is 1.91 bits per heavy atom. The minimum absolute atomic E-state index is 0.136. The number of nitrogens with zero attached hydrogens (tertiary/aromatic N) is 1. The topological polar surface area (TPSA) is 47.9 Å². The summed E-state index contributed by atoms with van der Waals surface area (Å²) in [4.78, 5) is 16.0. The quantitative estimate of drug-likeness (QED) is 0.125. The largest absolute Gasteiger partial charge is 0.491 e. The molecule has 4 nitrogen and oxygen atoms in total. The molecule has 0 rings (SSSR count). The molecule has 0 radical (unpaired) electrons. The molecule has 22 heavy (non-hydrogen) atoms. The summed E-state index contributed by atoms with van der Waals surface area (Å²) in [6.07, 6.45) is 2.34. The first kappa shape index (κ1) is 21.4. The number of carbonyl (C=O) groups excluding carboxylic acids is 1. The van der Waals surface area contributed by atoms with Crippen LogP contribution in [0.4, 0.5) is 0 Å². The molecule has 0 fully saturated rings. The van der Waals surface area contributed by atoms with E-state index in [2.05, 4.69) is 34.3 Å². The van der Waals surface area contributed by atoms with Crippen LogP contribution in [-0.4, -0.2) is 25.9 Å². The molecule has 126 valence electrons. The number of hydrogen-bond donors (Lipinski definition) is 0. The van der Waals surface area contributed by atoms with Crippen LogP contribution in [0, 0.1) is 11.3 Å². The second kappa shape index (κ2) is 10.3. The van der Waals surface area contributed by atoms with E-state index in [1.807, 2.05) is 34.6 Å². The van der Waals surface area contributed by atoms with Crippen molar-refractivity contribution in [1.82, 2.24) is 0 Å². The molecule has 0 heterocycles. The summed E-state index contributed by atoms with van der Waals surface area (Å²) in [7, 11) is 0. The number of ether oxygens (including phenoxy) is 2. The van der Waals surface area contributed by atoms with Gasteiger partial charge in [0.1, 0.15) is 0 Å². The van der Waals surface area contributed by atoms with Gasteiger partial charge in [-0.15, -0.1) is 0 Å². The second-order valence-corrected chi connectivity index (χ2v) is 7.05. The van der Waals surface area contributed by atoms with Gasteiger partial charge in [0.2, 0.25) is 0 Å². The van der Waals surface area contributed by atoms with Gasteiger partial charge in [-0.1, -0.05) is 25.4 Å². The summed E-state index contributed by atoms with van der Waals surface area (Å²) < 4.78 is 11.6. The van der Waals surface area contributed by atoms with Gasteiger partial charge >= 0.3 is 5.97 Å². The summed E-state index contributed by atoms with van der Waals surface area (Å²) in [5, 5.41) is 0.207. The van der Waals surface area contributed by atoms with Crippen molar-refractivity contribution in [2.75, 3.05) is 13.2 Å². The van der Waals surface area contributed by atoms with Crippen LogP contribution >= 0.6 is 34.2 Å². The van der Waals surface area contributed by atoms with Crippen LogP contribution < -0.4 is 0 Å². The molecule has 0 N–H and O–H groups in total. The maximum atomic E-state index is 12.3. The van der Waals surface area contributed by atoms with E-state index in [1.165, 1.54) is 0 Å². The maximum Gasteiger partial charge on any atom is 0.312 e. The second-order valence-electron chi connectivity index (χ2n) is 5.31. The predicted octanol–water partition coefficient (Wildman–Crippen LogP) is 5.07. The number of hydrogen-bond acceptors (Lipinski definition) is 4. The Morgan fingerprint density at radius 1 is 1.36 bits per heavy atom. The minimum Gasteiger partial charge on any atom is -0.491 e. The third-order valence-electron chi connectivity index (χ3n) is 3.48. The molecule has 0 bridgehead atoms. The molecule has 0 aliphatic rings. The summed E-state index contributed by atoms with van der Waals surface area (Å²) in [5.74, 6) is 0.401. The number of aliphatic imine (C=N–C) groups is 1. The fraction of sp³-hybridized carbons (Fsp3) is 0.625. The smallest absolute Gasteiger partial charge is 0.312 e. The number of carbonyl (C=O) groups is 1. The minimum atomic E-state index is -0.603. The Kier molecular flexibility index (Phi) is 10.00. The lowest BCUT2D eigenvalue weighted by molar-refractivity contribution is -0.157. The highest BCUT2D eigenvalue weighted by Crippen LogP contribution is 2.38. The summed E-state index contributed by atoms with van der Waals surface area (Å²) in [6, 6.07) is 0. The van der Waals surface area contributed by atoms with Crippen molar-refractivity contribution in [3.63, 3.8) is 0 Å². The van der Waals surface area contributed by atoms with Crippen LogP contribution in [0.2, 0.25) is 0 Å². The van der Waals surface area contributed by atoms with Crippen molar-refractivity contribution in [2.24, 2.45) is 16.3 Å². The van der Waals surface area contributed by atoms with Crippen molar-refractivity contribution in [3.05, 3.63) is 20.6 Å². The van der Waals surface area contributed by atoms with Crippen molar-refractivity contribution >= 4 is 46.9 Å². The maximum absolute atomic E-state index is 12.3. The Bertz CT molecular complexity index is 460. The molecule has 0 saturated heterocycles. The fourth-order valence-electron chi connectivity index (χ4n) is 1.75. The molecule has 0 spiro atoms. The van der Waals surface area contributed by atoms with E-state index in [0.717, 1.165) is 3.58 Å². The average molecular weight is 442 g/mol. The molecule has 0 aliphatic carbocycles. The zero-order valence-corrected chi connectivity index (χ0v) is 16.8. The standard InChI is InChI=1S/C16H25ClINO3/c1-7-21-13(14(17)19-6)9-12(18)10-16(5,11(3)4)15(20)22-8-2/h9,11H,6-8,10H2,1-5H3/b12-9-,14-13+. The Labute approximate surface area is 152 Å². The lowest BCUT2D eigenvalue weighted by atomic mass is 9.76. The normalized spacial score (nSPS) is 15.9. The van der Waals surface area contributed by atoms with Gasteiger partial charge in [-0.05, 0) is 72.1 Å². The molecule has 0 saturated carbocycles. The van der Waals surface area contributed by atoms with Crippen LogP contribution in [-0.2, 0) is 14.3 Å². The Hall–Kier alpha value is -0.560. The van der Waals surface area contributed by atoms with Gasteiger partial charge in [-0.3, -0.25) is 4.79 Å². The molecule has 1 atom stereocenters. The van der Waals surface area contributed by atoms with E-state index >= 15 is 0 Å². The summed E-state index contributed by atoms with van der Waals surface area (Å²) in [5.41, 5.74) is -0.603. The number of esters is 1.